The number of hydrogen-bond acceptors (Lipinski definition) is 5. The molecule has 0 spiro atoms. The van der Waals surface area contributed by atoms with Crippen LogP contribution in [-0.2, 0) is 12.8 Å². The molecule has 2 aromatic rings. The topological polar surface area (TPSA) is 71.2 Å². The minimum absolute atomic E-state index is 0.175. The zero-order valence-electron chi connectivity index (χ0n) is 11.0. The number of aromatic nitrogens is 1. The van der Waals surface area contributed by atoms with Crippen molar-refractivity contribution in [2.45, 2.75) is 19.3 Å². The lowest BCUT2D eigenvalue weighted by atomic mass is 10.1. The van der Waals surface area contributed by atoms with Crippen molar-refractivity contribution in [2.75, 3.05) is 19.8 Å². The molecular formula is C13H16N4OS. The molecule has 3 rings (SSSR count). The van der Waals surface area contributed by atoms with Crippen molar-refractivity contribution in [1.82, 2.24) is 15.4 Å². The second-order valence-corrected chi connectivity index (χ2v) is 5.98. The lowest BCUT2D eigenvalue weighted by Gasteiger charge is -2.10. The monoisotopic (exact) mass is 276 g/mol. The number of amides is 1. The molecule has 1 aliphatic rings. The van der Waals surface area contributed by atoms with Gasteiger partial charge in [0.25, 0.3) is 5.91 Å². The van der Waals surface area contributed by atoms with Crippen molar-refractivity contribution in [3.63, 3.8) is 0 Å². The second kappa shape index (κ2) is 4.47. The van der Waals surface area contributed by atoms with Gasteiger partial charge in [0.1, 0.15) is 9.71 Å². The maximum Gasteiger partial charge on any atom is 0.277 e. The van der Waals surface area contributed by atoms with E-state index in [4.69, 9.17) is 5.73 Å². The summed E-state index contributed by atoms with van der Waals surface area (Å²) in [5.74, 6) is -0.175. The first-order valence-corrected chi connectivity index (χ1v) is 7.07. The van der Waals surface area contributed by atoms with Crippen molar-refractivity contribution >= 4 is 33.1 Å². The number of hydrogen-bond donors (Lipinski definition) is 2. The first-order chi connectivity index (χ1) is 9.06. The summed E-state index contributed by atoms with van der Waals surface area (Å²) < 4.78 is 0. The predicted molar refractivity (Wildman–Crippen MR) is 77.2 cm³/mol. The molecule has 1 aliphatic carbocycles. The molecule has 3 N–H and O–H groups in total. The van der Waals surface area contributed by atoms with E-state index >= 15 is 0 Å². The highest BCUT2D eigenvalue weighted by atomic mass is 32.1. The molecular weight excluding hydrogens is 260 g/mol. The number of nitrogens with one attached hydrogen (secondary N) is 1. The number of carbonyl (C=O) groups is 1. The summed E-state index contributed by atoms with van der Waals surface area (Å²) >= 11 is 1.37. The summed E-state index contributed by atoms with van der Waals surface area (Å²) in [5.41, 5.74) is 11.8. The van der Waals surface area contributed by atoms with Crippen molar-refractivity contribution in [2.24, 2.45) is 0 Å². The first kappa shape index (κ1) is 12.4. The number of aryl methyl sites for hydroxylation is 2. The molecule has 5 nitrogen and oxygen atoms in total. The number of hydrazine groups is 1. The van der Waals surface area contributed by atoms with E-state index in [-0.39, 0.29) is 5.91 Å². The normalized spacial score (nSPS) is 14.1. The average Bonchev–Trinajstić information content (AvgIpc) is 2.91. The van der Waals surface area contributed by atoms with Gasteiger partial charge in [0.2, 0.25) is 0 Å². The third-order valence-corrected chi connectivity index (χ3v) is 4.39. The van der Waals surface area contributed by atoms with Crippen molar-refractivity contribution in [3.8, 4) is 0 Å². The van der Waals surface area contributed by atoms with Gasteiger partial charge >= 0.3 is 0 Å². The van der Waals surface area contributed by atoms with Gasteiger partial charge in [-0.2, -0.15) is 0 Å². The zero-order chi connectivity index (χ0) is 13.6. The first-order valence-electron chi connectivity index (χ1n) is 6.25. The number of rotatable bonds is 2. The van der Waals surface area contributed by atoms with Crippen LogP contribution in [0.4, 0.5) is 5.69 Å². The number of fused-ring (bicyclic) bond motifs is 2. The van der Waals surface area contributed by atoms with Crippen LogP contribution in [0.3, 0.4) is 0 Å². The fraction of sp³-hybridized carbons (Fsp3) is 0.385. The number of pyridine rings is 1. The van der Waals surface area contributed by atoms with Crippen LogP contribution in [0.1, 0.15) is 27.3 Å². The van der Waals surface area contributed by atoms with E-state index in [1.54, 1.807) is 19.1 Å². The minimum Gasteiger partial charge on any atom is -0.397 e. The quantitative estimate of drug-likeness (QED) is 0.817. The lowest BCUT2D eigenvalue weighted by molar-refractivity contribution is 0.0862. The SMILES string of the molecule is CN(C)NC(=O)c1sc2nc3c(cc2c1N)CCC3. The summed E-state index contributed by atoms with van der Waals surface area (Å²) in [5, 5.41) is 2.52. The number of thiophene rings is 1. The van der Waals surface area contributed by atoms with Gasteiger partial charge in [-0.15, -0.1) is 11.3 Å². The Labute approximate surface area is 115 Å². The van der Waals surface area contributed by atoms with E-state index in [0.29, 0.717) is 10.6 Å². The van der Waals surface area contributed by atoms with Gasteiger partial charge in [0.15, 0.2) is 0 Å². The number of nitrogen functional groups attached to an aromatic ring is 1. The van der Waals surface area contributed by atoms with Gasteiger partial charge in [0.05, 0.1) is 5.69 Å². The van der Waals surface area contributed by atoms with Crippen LogP contribution in [0.25, 0.3) is 10.2 Å². The molecule has 6 heteroatoms. The van der Waals surface area contributed by atoms with E-state index in [1.165, 1.54) is 16.9 Å². The smallest absolute Gasteiger partial charge is 0.277 e. The molecule has 0 saturated heterocycles. The Kier molecular flexibility index (Phi) is 2.91. The second-order valence-electron chi connectivity index (χ2n) is 4.98. The fourth-order valence-electron chi connectivity index (χ4n) is 2.42. The maximum atomic E-state index is 12.0. The molecule has 0 fully saturated rings. The molecule has 0 unspecified atom stereocenters. The molecule has 0 bridgehead atoms. The van der Waals surface area contributed by atoms with Crippen molar-refractivity contribution in [1.29, 1.82) is 0 Å². The van der Waals surface area contributed by atoms with Crippen molar-refractivity contribution in [3.05, 3.63) is 22.2 Å². The molecule has 0 aromatic carbocycles. The highest BCUT2D eigenvalue weighted by molar-refractivity contribution is 7.21. The molecule has 0 saturated carbocycles. The summed E-state index contributed by atoms with van der Waals surface area (Å²) in [6.45, 7) is 0. The summed E-state index contributed by atoms with van der Waals surface area (Å²) in [4.78, 5) is 18.1. The molecule has 2 aromatic heterocycles. The van der Waals surface area contributed by atoms with Gasteiger partial charge in [-0.25, -0.2) is 9.99 Å². The summed E-state index contributed by atoms with van der Waals surface area (Å²) in [6.07, 6.45) is 3.25. The molecule has 0 radical (unpaired) electrons. The summed E-state index contributed by atoms with van der Waals surface area (Å²) in [7, 11) is 3.54. The Morgan fingerprint density at radius 1 is 1.47 bits per heavy atom. The minimum atomic E-state index is -0.175. The number of anilines is 1. The third kappa shape index (κ3) is 2.06. The third-order valence-electron chi connectivity index (χ3n) is 3.28. The largest absolute Gasteiger partial charge is 0.397 e. The summed E-state index contributed by atoms with van der Waals surface area (Å²) in [6, 6.07) is 2.10. The van der Waals surface area contributed by atoms with Gasteiger partial charge in [-0.3, -0.25) is 10.2 Å². The highest BCUT2D eigenvalue weighted by Crippen LogP contribution is 2.35. The molecule has 0 atom stereocenters. The average molecular weight is 276 g/mol. The Morgan fingerprint density at radius 2 is 2.26 bits per heavy atom. The molecule has 0 aliphatic heterocycles. The van der Waals surface area contributed by atoms with Crippen LogP contribution in [0.5, 0.6) is 0 Å². The van der Waals surface area contributed by atoms with E-state index in [1.807, 2.05) is 0 Å². The fourth-order valence-corrected chi connectivity index (χ4v) is 3.41. The van der Waals surface area contributed by atoms with Gasteiger partial charge < -0.3 is 5.73 Å². The standard InChI is InChI=1S/C13H16N4OS/c1-17(2)16-12(18)11-10(14)8-6-7-4-3-5-9(7)15-13(8)19-11/h6H,3-5,14H2,1-2H3,(H,16,18). The van der Waals surface area contributed by atoms with Crippen LogP contribution in [0, 0.1) is 0 Å². The van der Waals surface area contributed by atoms with Gasteiger partial charge in [0, 0.05) is 25.2 Å². The van der Waals surface area contributed by atoms with Crippen LogP contribution < -0.4 is 11.2 Å². The van der Waals surface area contributed by atoms with E-state index < -0.39 is 0 Å². The lowest BCUT2D eigenvalue weighted by Crippen LogP contribution is -2.35. The van der Waals surface area contributed by atoms with E-state index in [2.05, 4.69) is 16.5 Å². The highest BCUT2D eigenvalue weighted by Gasteiger charge is 2.21. The molecule has 100 valence electrons. The van der Waals surface area contributed by atoms with E-state index in [0.717, 1.165) is 35.2 Å². The van der Waals surface area contributed by atoms with Crippen molar-refractivity contribution < 1.29 is 4.79 Å². The number of nitrogens with zero attached hydrogens (tertiary/aromatic N) is 2. The Balaban J connectivity index is 2.08. The Hall–Kier alpha value is -1.66. The van der Waals surface area contributed by atoms with Crippen LogP contribution >= 0.6 is 11.3 Å². The Morgan fingerprint density at radius 3 is 3.00 bits per heavy atom. The predicted octanol–water partition coefficient (Wildman–Crippen LogP) is 1.57. The number of nitrogens with two attached hydrogens (primary N) is 1. The molecule has 19 heavy (non-hydrogen) atoms. The maximum absolute atomic E-state index is 12.0. The van der Waals surface area contributed by atoms with Crippen LogP contribution in [0.15, 0.2) is 6.07 Å². The molecule has 1 amide bonds. The number of carbonyl (C=O) groups excluding carboxylic acids is 1. The zero-order valence-corrected chi connectivity index (χ0v) is 11.8. The Bertz CT molecular complexity index is 662. The van der Waals surface area contributed by atoms with Crippen LogP contribution in [0.2, 0.25) is 0 Å². The van der Waals surface area contributed by atoms with Gasteiger partial charge in [-0.05, 0) is 30.9 Å². The molecule has 2 heterocycles. The van der Waals surface area contributed by atoms with Gasteiger partial charge in [-0.1, -0.05) is 0 Å². The van der Waals surface area contributed by atoms with Crippen LogP contribution in [-0.4, -0.2) is 30.0 Å². The van der Waals surface area contributed by atoms with E-state index in [9.17, 15) is 4.79 Å².